The van der Waals surface area contributed by atoms with E-state index in [4.69, 9.17) is 0 Å². The van der Waals surface area contributed by atoms with Crippen molar-refractivity contribution in [3.05, 3.63) is 24.4 Å². The van der Waals surface area contributed by atoms with E-state index in [0.29, 0.717) is 6.04 Å². The lowest BCUT2D eigenvalue weighted by molar-refractivity contribution is 0.415. The summed E-state index contributed by atoms with van der Waals surface area (Å²) in [6, 6.07) is 6.59. The summed E-state index contributed by atoms with van der Waals surface area (Å²) in [5.41, 5.74) is 0. The third-order valence-corrected chi connectivity index (χ3v) is 5.03. The number of pyridine rings is 1. The van der Waals surface area contributed by atoms with Crippen molar-refractivity contribution in [2.75, 3.05) is 30.8 Å². The minimum absolute atomic E-state index is 0.230. The van der Waals surface area contributed by atoms with E-state index in [2.05, 4.69) is 21.3 Å². The topological polar surface area (TPSA) is 45.2 Å². The van der Waals surface area contributed by atoms with Gasteiger partial charge in [-0.15, -0.1) is 0 Å². The van der Waals surface area contributed by atoms with Crippen LogP contribution < -0.4 is 10.2 Å². The molecule has 4 nitrogen and oxygen atoms in total. The summed E-state index contributed by atoms with van der Waals surface area (Å²) in [5.74, 6) is 1.07. The van der Waals surface area contributed by atoms with Crippen LogP contribution in [0, 0.1) is 0 Å². The van der Waals surface area contributed by atoms with Crippen LogP contribution in [0.5, 0.6) is 0 Å². The highest BCUT2D eigenvalue weighted by Gasteiger charge is 2.20. The van der Waals surface area contributed by atoms with E-state index >= 15 is 0 Å². The molecule has 0 spiro atoms. The van der Waals surface area contributed by atoms with Crippen molar-refractivity contribution in [1.82, 2.24) is 10.3 Å². The quantitative estimate of drug-likeness (QED) is 0.886. The van der Waals surface area contributed by atoms with Crippen molar-refractivity contribution in [2.45, 2.75) is 31.1 Å². The van der Waals surface area contributed by atoms with Gasteiger partial charge in [0.2, 0.25) is 0 Å². The minimum Gasteiger partial charge on any atom is -0.357 e. The largest absolute Gasteiger partial charge is 0.357 e. The van der Waals surface area contributed by atoms with Crippen molar-refractivity contribution >= 4 is 16.6 Å². The number of aromatic nitrogens is 1. The standard InChI is InChI=1S/C14H23N3OS/c1-12(19(2)18)11-16-13-6-9-17(10-7-13)14-5-3-4-8-15-14/h3-5,8,12-13,16H,6-7,9-11H2,1-2H3. The molecule has 0 bridgehead atoms. The first-order valence-electron chi connectivity index (χ1n) is 6.88. The average Bonchev–Trinajstić information content (AvgIpc) is 2.46. The SMILES string of the molecule is CC(CNC1CCN(c2ccccn2)CC1)S(C)=O. The van der Waals surface area contributed by atoms with E-state index in [1.54, 1.807) is 6.26 Å². The fourth-order valence-electron chi connectivity index (χ4n) is 2.30. The van der Waals surface area contributed by atoms with Gasteiger partial charge in [0.05, 0.1) is 0 Å². The Bertz CT molecular complexity index is 404. The summed E-state index contributed by atoms with van der Waals surface area (Å²) in [6.07, 6.45) is 5.87. The molecule has 2 rings (SSSR count). The van der Waals surface area contributed by atoms with Gasteiger partial charge in [-0.25, -0.2) is 4.98 Å². The lowest BCUT2D eigenvalue weighted by Gasteiger charge is -2.33. The molecule has 106 valence electrons. The molecule has 0 amide bonds. The fraction of sp³-hybridized carbons (Fsp3) is 0.643. The Hall–Kier alpha value is -0.940. The zero-order chi connectivity index (χ0) is 13.7. The van der Waals surface area contributed by atoms with Crippen LogP contribution in [0.3, 0.4) is 0 Å². The first-order valence-corrected chi connectivity index (χ1v) is 8.50. The molecule has 1 fully saturated rings. The van der Waals surface area contributed by atoms with Crippen molar-refractivity contribution in [3.63, 3.8) is 0 Å². The molecule has 1 saturated heterocycles. The molecule has 1 aromatic heterocycles. The maximum Gasteiger partial charge on any atom is 0.128 e. The van der Waals surface area contributed by atoms with Crippen molar-refractivity contribution < 1.29 is 4.21 Å². The van der Waals surface area contributed by atoms with Gasteiger partial charge in [0, 0.05) is 54.2 Å². The number of rotatable bonds is 5. The molecule has 0 saturated carbocycles. The lowest BCUT2D eigenvalue weighted by Crippen LogP contribution is -2.45. The summed E-state index contributed by atoms with van der Waals surface area (Å²) in [4.78, 5) is 6.72. The normalized spacial score (nSPS) is 20.2. The summed E-state index contributed by atoms with van der Waals surface area (Å²) in [5, 5.41) is 3.76. The van der Waals surface area contributed by atoms with Crippen LogP contribution in [0.15, 0.2) is 24.4 Å². The number of piperidine rings is 1. The van der Waals surface area contributed by atoms with E-state index in [1.807, 2.05) is 25.3 Å². The first-order chi connectivity index (χ1) is 9.16. The van der Waals surface area contributed by atoms with Crippen LogP contribution in [0.25, 0.3) is 0 Å². The summed E-state index contributed by atoms with van der Waals surface area (Å²) >= 11 is 0. The number of anilines is 1. The second-order valence-electron chi connectivity index (χ2n) is 5.17. The van der Waals surface area contributed by atoms with Crippen LogP contribution in [-0.2, 0) is 10.8 Å². The molecule has 2 heterocycles. The van der Waals surface area contributed by atoms with Crippen LogP contribution in [-0.4, -0.2) is 46.4 Å². The van der Waals surface area contributed by atoms with E-state index in [-0.39, 0.29) is 5.25 Å². The molecule has 5 heteroatoms. The Labute approximate surface area is 118 Å². The van der Waals surface area contributed by atoms with Crippen LogP contribution in [0.2, 0.25) is 0 Å². The van der Waals surface area contributed by atoms with Gasteiger partial charge < -0.3 is 10.2 Å². The highest BCUT2D eigenvalue weighted by Crippen LogP contribution is 2.17. The highest BCUT2D eigenvalue weighted by molar-refractivity contribution is 7.84. The smallest absolute Gasteiger partial charge is 0.128 e. The maximum absolute atomic E-state index is 11.3. The monoisotopic (exact) mass is 281 g/mol. The molecule has 0 aliphatic carbocycles. The zero-order valence-corrected chi connectivity index (χ0v) is 12.5. The molecule has 2 atom stereocenters. The van der Waals surface area contributed by atoms with E-state index < -0.39 is 10.8 Å². The second kappa shape index (κ2) is 7.01. The van der Waals surface area contributed by atoms with Gasteiger partial charge in [-0.3, -0.25) is 4.21 Å². The summed E-state index contributed by atoms with van der Waals surface area (Å²) in [7, 11) is -0.734. The van der Waals surface area contributed by atoms with Crippen LogP contribution in [0.1, 0.15) is 19.8 Å². The minimum atomic E-state index is -0.734. The third-order valence-electron chi connectivity index (χ3n) is 3.73. The van der Waals surface area contributed by atoms with Crippen LogP contribution in [0.4, 0.5) is 5.82 Å². The molecule has 2 unspecified atom stereocenters. The number of hydrogen-bond donors (Lipinski definition) is 1. The predicted octanol–water partition coefficient (Wildman–Crippen LogP) is 1.41. The molecular weight excluding hydrogens is 258 g/mol. The number of hydrogen-bond acceptors (Lipinski definition) is 4. The summed E-state index contributed by atoms with van der Waals surface area (Å²) in [6.45, 7) is 4.96. The van der Waals surface area contributed by atoms with Gasteiger partial charge in [0.15, 0.2) is 0 Å². The van der Waals surface area contributed by atoms with Gasteiger partial charge in [0.25, 0.3) is 0 Å². The van der Waals surface area contributed by atoms with Gasteiger partial charge in [-0.05, 0) is 31.9 Å². The predicted molar refractivity (Wildman–Crippen MR) is 81.0 cm³/mol. The van der Waals surface area contributed by atoms with E-state index in [1.165, 1.54) is 0 Å². The van der Waals surface area contributed by atoms with E-state index in [0.717, 1.165) is 38.3 Å². The Kier molecular flexibility index (Phi) is 5.34. The first kappa shape index (κ1) is 14.5. The van der Waals surface area contributed by atoms with Crippen LogP contribution >= 0.6 is 0 Å². The molecule has 19 heavy (non-hydrogen) atoms. The van der Waals surface area contributed by atoms with E-state index in [9.17, 15) is 4.21 Å². The van der Waals surface area contributed by atoms with Gasteiger partial charge in [0.1, 0.15) is 5.82 Å². The van der Waals surface area contributed by atoms with Gasteiger partial charge in [-0.2, -0.15) is 0 Å². The molecule has 1 N–H and O–H groups in total. The van der Waals surface area contributed by atoms with Gasteiger partial charge >= 0.3 is 0 Å². The second-order valence-corrected chi connectivity index (χ2v) is 6.97. The Morgan fingerprint density at radius 1 is 1.47 bits per heavy atom. The Balaban J connectivity index is 1.75. The van der Waals surface area contributed by atoms with Crippen molar-refractivity contribution in [2.24, 2.45) is 0 Å². The molecule has 1 aliphatic heterocycles. The molecule has 1 aromatic rings. The highest BCUT2D eigenvalue weighted by atomic mass is 32.2. The molecular formula is C14H23N3OS. The zero-order valence-electron chi connectivity index (χ0n) is 11.7. The summed E-state index contributed by atoms with van der Waals surface area (Å²) < 4.78 is 11.3. The van der Waals surface area contributed by atoms with Gasteiger partial charge in [-0.1, -0.05) is 6.07 Å². The number of nitrogens with one attached hydrogen (secondary N) is 1. The Morgan fingerprint density at radius 3 is 2.79 bits per heavy atom. The molecule has 1 aliphatic rings. The maximum atomic E-state index is 11.3. The fourth-order valence-corrected chi connectivity index (χ4v) is 2.63. The third kappa shape index (κ3) is 4.28. The number of nitrogens with zero attached hydrogens (tertiary/aromatic N) is 2. The Morgan fingerprint density at radius 2 is 2.21 bits per heavy atom. The lowest BCUT2D eigenvalue weighted by atomic mass is 10.0. The molecule has 0 radical (unpaired) electrons. The van der Waals surface area contributed by atoms with Crippen molar-refractivity contribution in [3.8, 4) is 0 Å². The molecule has 0 aromatic carbocycles. The average molecular weight is 281 g/mol. The van der Waals surface area contributed by atoms with Crippen molar-refractivity contribution in [1.29, 1.82) is 0 Å².